The van der Waals surface area contributed by atoms with Crippen molar-refractivity contribution in [2.45, 2.75) is 24.3 Å². The highest BCUT2D eigenvalue weighted by Gasteiger charge is 2.25. The number of methoxy groups -OCH3 is 1. The highest BCUT2D eigenvalue weighted by atomic mass is 32.2. The number of halogens is 1. The summed E-state index contributed by atoms with van der Waals surface area (Å²) < 4.78 is 44.1. The molecule has 5 nitrogen and oxygen atoms in total. The standard InChI is InChI=1S/C12H18FNO4S/c1-9-6-10(13)4-5-11(9)19(16,17)14-7-12(2,15)8-18-3/h4-6,14-15H,7-8H2,1-3H3/t12-/m0/s1. The summed E-state index contributed by atoms with van der Waals surface area (Å²) in [5.74, 6) is -0.497. The van der Waals surface area contributed by atoms with Crippen molar-refractivity contribution < 1.29 is 22.7 Å². The van der Waals surface area contributed by atoms with Crippen LogP contribution in [0.4, 0.5) is 4.39 Å². The second-order valence-corrected chi connectivity index (χ2v) is 6.40. The van der Waals surface area contributed by atoms with E-state index in [9.17, 15) is 17.9 Å². The number of hydrogen-bond donors (Lipinski definition) is 2. The molecule has 1 aromatic carbocycles. The fourth-order valence-corrected chi connectivity index (χ4v) is 2.99. The van der Waals surface area contributed by atoms with E-state index in [-0.39, 0.29) is 18.0 Å². The topological polar surface area (TPSA) is 75.6 Å². The largest absolute Gasteiger partial charge is 0.386 e. The summed E-state index contributed by atoms with van der Waals surface area (Å²) in [6.07, 6.45) is 0. The summed E-state index contributed by atoms with van der Waals surface area (Å²) in [4.78, 5) is -0.0119. The van der Waals surface area contributed by atoms with Gasteiger partial charge in [0.1, 0.15) is 5.82 Å². The molecule has 0 unspecified atom stereocenters. The first-order chi connectivity index (χ1) is 8.68. The smallest absolute Gasteiger partial charge is 0.240 e. The molecule has 1 atom stereocenters. The molecule has 0 aliphatic rings. The van der Waals surface area contributed by atoms with Crippen LogP contribution in [0.15, 0.2) is 23.1 Å². The highest BCUT2D eigenvalue weighted by molar-refractivity contribution is 7.89. The predicted molar refractivity (Wildman–Crippen MR) is 68.8 cm³/mol. The van der Waals surface area contributed by atoms with Crippen molar-refractivity contribution >= 4 is 10.0 Å². The lowest BCUT2D eigenvalue weighted by Crippen LogP contribution is -2.43. The van der Waals surface area contributed by atoms with Gasteiger partial charge in [-0.1, -0.05) is 0 Å². The van der Waals surface area contributed by atoms with Gasteiger partial charge in [0.25, 0.3) is 0 Å². The van der Waals surface area contributed by atoms with Gasteiger partial charge in [0, 0.05) is 13.7 Å². The number of sulfonamides is 1. The number of hydrogen-bond acceptors (Lipinski definition) is 4. The van der Waals surface area contributed by atoms with E-state index in [0.717, 1.165) is 12.1 Å². The minimum Gasteiger partial charge on any atom is -0.386 e. The van der Waals surface area contributed by atoms with Crippen LogP contribution in [0.2, 0.25) is 0 Å². The number of benzene rings is 1. The number of aryl methyl sites for hydroxylation is 1. The number of ether oxygens (including phenoxy) is 1. The lowest BCUT2D eigenvalue weighted by molar-refractivity contribution is -0.0119. The van der Waals surface area contributed by atoms with Gasteiger partial charge in [0.05, 0.1) is 17.1 Å². The van der Waals surface area contributed by atoms with E-state index in [4.69, 9.17) is 4.74 Å². The molecule has 0 fully saturated rings. The van der Waals surface area contributed by atoms with Crippen LogP contribution in [0.1, 0.15) is 12.5 Å². The first-order valence-electron chi connectivity index (χ1n) is 5.65. The maximum Gasteiger partial charge on any atom is 0.240 e. The summed E-state index contributed by atoms with van der Waals surface area (Å²) in [6.45, 7) is 2.76. The van der Waals surface area contributed by atoms with Crippen LogP contribution < -0.4 is 4.72 Å². The van der Waals surface area contributed by atoms with Crippen LogP contribution in [-0.4, -0.2) is 39.4 Å². The maximum absolute atomic E-state index is 12.9. The first kappa shape index (κ1) is 16.0. The van der Waals surface area contributed by atoms with E-state index in [1.807, 2.05) is 0 Å². The van der Waals surface area contributed by atoms with Gasteiger partial charge in [-0.25, -0.2) is 17.5 Å². The van der Waals surface area contributed by atoms with Crippen molar-refractivity contribution in [1.82, 2.24) is 4.72 Å². The third-order valence-electron chi connectivity index (χ3n) is 2.52. The van der Waals surface area contributed by atoms with Crippen molar-refractivity contribution in [3.63, 3.8) is 0 Å². The normalized spacial score (nSPS) is 15.2. The van der Waals surface area contributed by atoms with Gasteiger partial charge in [-0.3, -0.25) is 0 Å². The molecular formula is C12H18FNO4S. The highest BCUT2D eigenvalue weighted by Crippen LogP contribution is 2.16. The van der Waals surface area contributed by atoms with E-state index >= 15 is 0 Å². The quantitative estimate of drug-likeness (QED) is 0.813. The molecule has 19 heavy (non-hydrogen) atoms. The van der Waals surface area contributed by atoms with E-state index in [0.29, 0.717) is 5.56 Å². The molecule has 0 saturated carbocycles. The predicted octanol–water partition coefficient (Wildman–Crippen LogP) is 0.810. The second-order valence-electron chi connectivity index (χ2n) is 4.66. The van der Waals surface area contributed by atoms with Gasteiger partial charge >= 0.3 is 0 Å². The Labute approximate surface area is 112 Å². The van der Waals surface area contributed by atoms with Crippen LogP contribution in [0, 0.1) is 12.7 Å². The Morgan fingerprint density at radius 3 is 2.63 bits per heavy atom. The lowest BCUT2D eigenvalue weighted by atomic mass is 10.1. The third kappa shape index (κ3) is 4.54. The molecular weight excluding hydrogens is 273 g/mol. The van der Waals surface area contributed by atoms with Crippen LogP contribution in [0.5, 0.6) is 0 Å². The van der Waals surface area contributed by atoms with Crippen molar-refractivity contribution in [1.29, 1.82) is 0 Å². The number of nitrogens with one attached hydrogen (secondary N) is 1. The third-order valence-corrected chi connectivity index (χ3v) is 4.09. The molecule has 1 rings (SSSR count). The van der Waals surface area contributed by atoms with Gasteiger partial charge in [0.15, 0.2) is 0 Å². The fourth-order valence-electron chi connectivity index (χ4n) is 1.60. The number of rotatable bonds is 6. The Hall–Kier alpha value is -1.02. The molecule has 0 heterocycles. The molecule has 0 aliphatic carbocycles. The van der Waals surface area contributed by atoms with E-state index < -0.39 is 21.4 Å². The zero-order chi connectivity index (χ0) is 14.7. The van der Waals surface area contributed by atoms with Crippen LogP contribution in [0.3, 0.4) is 0 Å². The zero-order valence-electron chi connectivity index (χ0n) is 11.1. The van der Waals surface area contributed by atoms with Gasteiger partial charge in [0.2, 0.25) is 10.0 Å². The van der Waals surface area contributed by atoms with E-state index in [1.165, 1.54) is 27.0 Å². The van der Waals surface area contributed by atoms with Gasteiger partial charge in [-0.2, -0.15) is 0 Å². The van der Waals surface area contributed by atoms with Crippen LogP contribution in [0.25, 0.3) is 0 Å². The summed E-state index contributed by atoms with van der Waals surface area (Å²) >= 11 is 0. The fraction of sp³-hybridized carbons (Fsp3) is 0.500. The second kappa shape index (κ2) is 5.96. The molecule has 7 heteroatoms. The van der Waals surface area contributed by atoms with Crippen molar-refractivity contribution in [3.8, 4) is 0 Å². The molecule has 0 saturated heterocycles. The van der Waals surface area contributed by atoms with Crippen LogP contribution in [-0.2, 0) is 14.8 Å². The molecule has 0 amide bonds. The Morgan fingerprint density at radius 2 is 2.11 bits per heavy atom. The van der Waals surface area contributed by atoms with Crippen molar-refractivity contribution in [2.24, 2.45) is 0 Å². The average Bonchev–Trinajstić information content (AvgIpc) is 2.26. The Bertz CT molecular complexity index is 543. The van der Waals surface area contributed by atoms with Crippen molar-refractivity contribution in [2.75, 3.05) is 20.3 Å². The van der Waals surface area contributed by atoms with Gasteiger partial charge in [-0.05, 0) is 37.6 Å². The summed E-state index contributed by atoms with van der Waals surface area (Å²) in [7, 11) is -2.38. The van der Waals surface area contributed by atoms with E-state index in [2.05, 4.69) is 4.72 Å². The van der Waals surface area contributed by atoms with E-state index in [1.54, 1.807) is 0 Å². The Balaban J connectivity index is 2.87. The minimum atomic E-state index is -3.79. The monoisotopic (exact) mass is 291 g/mol. The SMILES string of the molecule is COC[C@@](C)(O)CNS(=O)(=O)c1ccc(F)cc1C. The maximum atomic E-state index is 12.9. The first-order valence-corrected chi connectivity index (χ1v) is 7.13. The summed E-state index contributed by atoms with van der Waals surface area (Å²) in [5, 5.41) is 9.83. The van der Waals surface area contributed by atoms with Gasteiger partial charge in [-0.15, -0.1) is 0 Å². The summed E-state index contributed by atoms with van der Waals surface area (Å²) in [5.41, 5.74) is -1.01. The Kier molecular flexibility index (Phi) is 5.03. The molecule has 0 aliphatic heterocycles. The van der Waals surface area contributed by atoms with Gasteiger partial charge < -0.3 is 9.84 Å². The minimum absolute atomic E-state index is 0.00206. The molecule has 0 bridgehead atoms. The average molecular weight is 291 g/mol. The molecule has 1 aromatic rings. The molecule has 0 radical (unpaired) electrons. The van der Waals surface area contributed by atoms with Crippen LogP contribution >= 0.6 is 0 Å². The molecule has 0 spiro atoms. The van der Waals surface area contributed by atoms with Crippen molar-refractivity contribution in [3.05, 3.63) is 29.6 Å². The number of aliphatic hydroxyl groups is 1. The Morgan fingerprint density at radius 1 is 1.47 bits per heavy atom. The molecule has 2 N–H and O–H groups in total. The molecule has 0 aromatic heterocycles. The summed E-state index contributed by atoms with van der Waals surface area (Å²) in [6, 6.07) is 3.41. The lowest BCUT2D eigenvalue weighted by Gasteiger charge is -2.22. The zero-order valence-corrected chi connectivity index (χ0v) is 11.9. The molecule has 108 valence electrons.